The van der Waals surface area contributed by atoms with Crippen LogP contribution < -0.4 is 0 Å². The number of benzene rings is 2. The van der Waals surface area contributed by atoms with Gasteiger partial charge in [-0.3, -0.25) is 4.57 Å². The summed E-state index contributed by atoms with van der Waals surface area (Å²) < 4.78 is 7.71. The van der Waals surface area contributed by atoms with Crippen molar-refractivity contribution in [3.63, 3.8) is 0 Å². The highest BCUT2D eigenvalue weighted by Gasteiger charge is 2.17. The average molecular weight is 417 g/mol. The van der Waals surface area contributed by atoms with E-state index >= 15 is 0 Å². The zero-order valence-electron chi connectivity index (χ0n) is 15.3. The van der Waals surface area contributed by atoms with Crippen LogP contribution in [0.4, 0.5) is 0 Å². The predicted octanol–water partition coefficient (Wildman–Crippen LogP) is 5.94. The smallest absolute Gasteiger partial charge is 0.236 e. The van der Waals surface area contributed by atoms with Crippen LogP contribution in [0.1, 0.15) is 5.69 Å². The molecule has 0 fully saturated rings. The number of hydrogen-bond donors (Lipinski definition) is 0. The molecule has 5 aromatic rings. The van der Waals surface area contributed by atoms with Gasteiger partial charge in [0.1, 0.15) is 6.26 Å². The molecule has 0 atom stereocenters. The maximum Gasteiger partial charge on any atom is 0.236 e. The van der Waals surface area contributed by atoms with Crippen LogP contribution in [-0.2, 0) is 5.75 Å². The van der Waals surface area contributed by atoms with E-state index in [0.717, 1.165) is 32.8 Å². The summed E-state index contributed by atoms with van der Waals surface area (Å²) in [4.78, 5) is 5.63. The highest BCUT2D eigenvalue weighted by molar-refractivity contribution is 7.98. The van der Waals surface area contributed by atoms with Gasteiger partial charge in [-0.25, -0.2) is 4.98 Å². The van der Waals surface area contributed by atoms with Crippen LogP contribution >= 0.6 is 23.1 Å². The largest absolute Gasteiger partial charge is 0.444 e. The van der Waals surface area contributed by atoms with Gasteiger partial charge in [-0.05, 0) is 23.6 Å². The summed E-state index contributed by atoms with van der Waals surface area (Å²) in [5.41, 5.74) is 2.93. The first-order valence-corrected chi connectivity index (χ1v) is 10.9. The summed E-state index contributed by atoms with van der Waals surface area (Å²) in [7, 11) is 0. The standard InChI is InChI=1S/C22H16N4OS2/c1-3-8-16(9-4-1)20-24-25-22(26(20)18-10-5-2-6-11-18)29-15-17-14-27-21(23-17)19-12-7-13-28-19/h1-14H,15H2. The number of para-hydroxylation sites is 1. The number of aromatic nitrogens is 4. The summed E-state index contributed by atoms with van der Waals surface area (Å²) in [6.45, 7) is 0. The molecule has 0 amide bonds. The molecule has 5 rings (SSSR count). The van der Waals surface area contributed by atoms with E-state index in [1.807, 2.05) is 66.0 Å². The number of nitrogens with zero attached hydrogens (tertiary/aromatic N) is 4. The highest BCUT2D eigenvalue weighted by atomic mass is 32.2. The molecule has 29 heavy (non-hydrogen) atoms. The van der Waals surface area contributed by atoms with Crippen LogP contribution in [0.15, 0.2) is 94.0 Å². The molecule has 3 aromatic heterocycles. The molecular weight excluding hydrogens is 400 g/mol. The van der Waals surface area contributed by atoms with Gasteiger partial charge < -0.3 is 4.42 Å². The maximum atomic E-state index is 5.63. The minimum absolute atomic E-state index is 0.647. The number of hydrogen-bond acceptors (Lipinski definition) is 6. The monoisotopic (exact) mass is 416 g/mol. The summed E-state index contributed by atoms with van der Waals surface area (Å²) >= 11 is 3.21. The SMILES string of the molecule is c1ccc(-c2nnc(SCc3coc(-c4cccs4)n3)n2-c2ccccc2)cc1. The molecule has 3 heterocycles. The second-order valence-electron chi connectivity index (χ2n) is 6.25. The predicted molar refractivity (Wildman–Crippen MR) is 116 cm³/mol. The number of oxazole rings is 1. The van der Waals surface area contributed by atoms with E-state index in [0.29, 0.717) is 11.6 Å². The molecular formula is C22H16N4OS2. The third-order valence-corrected chi connectivity index (χ3v) is 6.13. The minimum Gasteiger partial charge on any atom is -0.444 e. The van der Waals surface area contributed by atoms with Crippen molar-refractivity contribution in [3.05, 3.63) is 90.1 Å². The van der Waals surface area contributed by atoms with Crippen LogP contribution in [0.25, 0.3) is 27.8 Å². The van der Waals surface area contributed by atoms with Crippen LogP contribution in [0.3, 0.4) is 0 Å². The Morgan fingerprint density at radius 1 is 0.897 bits per heavy atom. The Balaban J connectivity index is 1.45. The quantitative estimate of drug-likeness (QED) is 0.321. The Kier molecular flexibility index (Phi) is 4.98. The van der Waals surface area contributed by atoms with Gasteiger partial charge in [0.2, 0.25) is 5.89 Å². The van der Waals surface area contributed by atoms with Crippen molar-refractivity contribution in [2.75, 3.05) is 0 Å². The van der Waals surface area contributed by atoms with E-state index < -0.39 is 0 Å². The molecule has 0 N–H and O–H groups in total. The van der Waals surface area contributed by atoms with Gasteiger partial charge in [0.05, 0.1) is 10.6 Å². The number of thioether (sulfide) groups is 1. The Morgan fingerprint density at radius 3 is 2.45 bits per heavy atom. The molecule has 142 valence electrons. The second-order valence-corrected chi connectivity index (χ2v) is 8.14. The van der Waals surface area contributed by atoms with Crippen LogP contribution in [0.5, 0.6) is 0 Å². The fourth-order valence-corrected chi connectivity index (χ4v) is 4.46. The Morgan fingerprint density at radius 2 is 1.69 bits per heavy atom. The normalized spacial score (nSPS) is 11.0. The molecule has 0 saturated heterocycles. The van der Waals surface area contributed by atoms with Crippen molar-refractivity contribution in [1.82, 2.24) is 19.7 Å². The first-order chi connectivity index (χ1) is 14.4. The zero-order valence-corrected chi connectivity index (χ0v) is 16.9. The minimum atomic E-state index is 0.647. The third kappa shape index (κ3) is 3.74. The van der Waals surface area contributed by atoms with E-state index in [1.54, 1.807) is 29.4 Å². The van der Waals surface area contributed by atoms with Crippen molar-refractivity contribution in [1.29, 1.82) is 0 Å². The van der Waals surface area contributed by atoms with Gasteiger partial charge in [-0.1, -0.05) is 66.4 Å². The molecule has 0 bridgehead atoms. The van der Waals surface area contributed by atoms with Crippen LogP contribution in [-0.4, -0.2) is 19.7 Å². The van der Waals surface area contributed by atoms with Gasteiger partial charge in [0.25, 0.3) is 0 Å². The fourth-order valence-electron chi connectivity index (χ4n) is 2.97. The van der Waals surface area contributed by atoms with Crippen molar-refractivity contribution >= 4 is 23.1 Å². The van der Waals surface area contributed by atoms with E-state index in [9.17, 15) is 0 Å². The van der Waals surface area contributed by atoms with Gasteiger partial charge in [0.15, 0.2) is 11.0 Å². The van der Waals surface area contributed by atoms with Gasteiger partial charge >= 0.3 is 0 Å². The van der Waals surface area contributed by atoms with Crippen molar-refractivity contribution in [2.45, 2.75) is 10.9 Å². The Bertz CT molecular complexity index is 1200. The first-order valence-electron chi connectivity index (χ1n) is 9.06. The van der Waals surface area contributed by atoms with Crippen molar-refractivity contribution < 1.29 is 4.42 Å². The van der Waals surface area contributed by atoms with Crippen molar-refractivity contribution in [2.24, 2.45) is 0 Å². The molecule has 0 aliphatic carbocycles. The van der Waals surface area contributed by atoms with E-state index in [4.69, 9.17) is 4.42 Å². The molecule has 5 nitrogen and oxygen atoms in total. The lowest BCUT2D eigenvalue weighted by molar-refractivity contribution is 0.575. The third-order valence-electron chi connectivity index (χ3n) is 4.31. The van der Waals surface area contributed by atoms with Gasteiger partial charge in [-0.15, -0.1) is 21.5 Å². The first kappa shape index (κ1) is 17.9. The molecule has 7 heteroatoms. The highest BCUT2D eigenvalue weighted by Crippen LogP contribution is 2.30. The van der Waals surface area contributed by atoms with E-state index in [2.05, 4.69) is 31.9 Å². The zero-order chi connectivity index (χ0) is 19.5. The Hall–Kier alpha value is -3.16. The number of rotatable bonds is 6. The van der Waals surface area contributed by atoms with E-state index in [-0.39, 0.29) is 0 Å². The summed E-state index contributed by atoms with van der Waals surface area (Å²) in [6, 6.07) is 24.3. The fraction of sp³-hybridized carbons (Fsp3) is 0.0455. The summed E-state index contributed by atoms with van der Waals surface area (Å²) in [5, 5.41) is 11.8. The molecule has 0 saturated carbocycles. The molecule has 0 radical (unpaired) electrons. The molecule has 2 aromatic carbocycles. The molecule has 0 aliphatic heterocycles. The summed E-state index contributed by atoms with van der Waals surface area (Å²) in [6.07, 6.45) is 1.71. The average Bonchev–Trinajstić information content (AvgIpc) is 3.54. The van der Waals surface area contributed by atoms with Gasteiger partial charge in [-0.2, -0.15) is 0 Å². The molecule has 0 aliphatic rings. The summed E-state index contributed by atoms with van der Waals surface area (Å²) in [5.74, 6) is 2.12. The maximum absolute atomic E-state index is 5.63. The van der Waals surface area contributed by atoms with Gasteiger partial charge in [0, 0.05) is 17.0 Å². The molecule has 0 spiro atoms. The Labute approximate surface area is 176 Å². The van der Waals surface area contributed by atoms with Crippen molar-refractivity contribution in [3.8, 4) is 27.8 Å². The number of thiophene rings is 1. The lowest BCUT2D eigenvalue weighted by Gasteiger charge is -2.09. The molecule has 0 unspecified atom stereocenters. The van der Waals surface area contributed by atoms with Crippen LogP contribution in [0.2, 0.25) is 0 Å². The van der Waals surface area contributed by atoms with Crippen LogP contribution in [0, 0.1) is 0 Å². The van der Waals surface area contributed by atoms with E-state index in [1.165, 1.54) is 0 Å². The second kappa shape index (κ2) is 8.06. The topological polar surface area (TPSA) is 56.7 Å². The lowest BCUT2D eigenvalue weighted by atomic mass is 10.2. The lowest BCUT2D eigenvalue weighted by Crippen LogP contribution is -1.99.